The Morgan fingerprint density at radius 3 is 2.00 bits per heavy atom. The van der Waals surface area contributed by atoms with E-state index in [2.05, 4.69) is 0 Å². The summed E-state index contributed by atoms with van der Waals surface area (Å²) >= 11 is 0. The number of carboxylic acid groups (broad SMARTS) is 1. The molecule has 0 aromatic heterocycles. The lowest BCUT2D eigenvalue weighted by Crippen LogP contribution is -2.52. The Balaban J connectivity index is 2.18. The highest BCUT2D eigenvalue weighted by Gasteiger charge is 2.45. The highest BCUT2D eigenvalue weighted by atomic mass is 16.6. The van der Waals surface area contributed by atoms with Crippen molar-refractivity contribution < 1.29 is 19.4 Å². The maximum Gasteiger partial charge on any atom is 0.411 e. The summed E-state index contributed by atoms with van der Waals surface area (Å²) in [5, 5.41) is 9.76. The van der Waals surface area contributed by atoms with Crippen molar-refractivity contribution in [3.63, 3.8) is 0 Å². The van der Waals surface area contributed by atoms with Gasteiger partial charge in [-0.05, 0) is 52.4 Å². The SMILES string of the molecule is CC(C)(C)OC(=O)N(C1CC1)C(C(=O)O)C1CCCCCC1. The highest BCUT2D eigenvalue weighted by Crippen LogP contribution is 2.36. The zero-order valence-electron chi connectivity index (χ0n) is 14.0. The molecule has 1 unspecified atom stereocenters. The molecule has 0 aliphatic heterocycles. The summed E-state index contributed by atoms with van der Waals surface area (Å²) in [4.78, 5) is 26.0. The first-order valence-corrected chi connectivity index (χ1v) is 8.54. The number of aliphatic carboxylic acids is 1. The lowest BCUT2D eigenvalue weighted by atomic mass is 9.90. The summed E-state index contributed by atoms with van der Waals surface area (Å²) in [7, 11) is 0. The minimum atomic E-state index is -0.885. The number of amides is 1. The molecular formula is C17H29NO4. The quantitative estimate of drug-likeness (QED) is 0.802. The molecule has 0 heterocycles. The molecule has 0 spiro atoms. The molecule has 5 heteroatoms. The van der Waals surface area contributed by atoms with Gasteiger partial charge in [0.1, 0.15) is 11.6 Å². The van der Waals surface area contributed by atoms with Gasteiger partial charge in [0.2, 0.25) is 0 Å². The molecule has 1 N–H and O–H groups in total. The van der Waals surface area contributed by atoms with Gasteiger partial charge in [0.15, 0.2) is 0 Å². The zero-order valence-corrected chi connectivity index (χ0v) is 14.0. The predicted molar refractivity (Wildman–Crippen MR) is 83.7 cm³/mol. The lowest BCUT2D eigenvalue weighted by Gasteiger charge is -2.35. The van der Waals surface area contributed by atoms with E-state index >= 15 is 0 Å². The van der Waals surface area contributed by atoms with Crippen molar-refractivity contribution in [1.29, 1.82) is 0 Å². The third-order valence-electron chi connectivity index (χ3n) is 4.44. The molecule has 2 rings (SSSR count). The van der Waals surface area contributed by atoms with Crippen LogP contribution in [0.25, 0.3) is 0 Å². The minimum Gasteiger partial charge on any atom is -0.480 e. The van der Waals surface area contributed by atoms with Gasteiger partial charge < -0.3 is 9.84 Å². The molecule has 2 aliphatic rings. The minimum absolute atomic E-state index is 0.0409. The Hall–Kier alpha value is -1.26. The van der Waals surface area contributed by atoms with Crippen molar-refractivity contribution >= 4 is 12.1 Å². The Morgan fingerprint density at radius 1 is 1.05 bits per heavy atom. The van der Waals surface area contributed by atoms with Gasteiger partial charge in [0.05, 0.1) is 0 Å². The van der Waals surface area contributed by atoms with Crippen LogP contribution in [0.15, 0.2) is 0 Å². The molecule has 0 aromatic carbocycles. The largest absolute Gasteiger partial charge is 0.480 e. The van der Waals surface area contributed by atoms with Gasteiger partial charge >= 0.3 is 12.1 Å². The average Bonchev–Trinajstić information content (AvgIpc) is 3.20. The molecule has 126 valence electrons. The molecule has 2 saturated carbocycles. The number of ether oxygens (including phenoxy) is 1. The van der Waals surface area contributed by atoms with Crippen LogP contribution in [0.3, 0.4) is 0 Å². The van der Waals surface area contributed by atoms with E-state index in [9.17, 15) is 14.7 Å². The van der Waals surface area contributed by atoms with E-state index in [1.807, 2.05) is 20.8 Å². The summed E-state index contributed by atoms with van der Waals surface area (Å²) in [6.07, 6.45) is 7.53. The fourth-order valence-corrected chi connectivity index (χ4v) is 3.33. The summed E-state index contributed by atoms with van der Waals surface area (Å²) in [5.41, 5.74) is -0.600. The normalized spacial score (nSPS) is 21.8. The van der Waals surface area contributed by atoms with Gasteiger partial charge in [-0.1, -0.05) is 25.7 Å². The zero-order chi connectivity index (χ0) is 16.3. The van der Waals surface area contributed by atoms with E-state index in [4.69, 9.17) is 4.74 Å². The fourth-order valence-electron chi connectivity index (χ4n) is 3.33. The van der Waals surface area contributed by atoms with E-state index < -0.39 is 23.7 Å². The first kappa shape index (κ1) is 17.1. The second-order valence-electron chi connectivity index (χ2n) is 7.65. The molecule has 5 nitrogen and oxygen atoms in total. The van der Waals surface area contributed by atoms with Crippen LogP contribution in [0.5, 0.6) is 0 Å². The number of nitrogens with zero attached hydrogens (tertiary/aromatic N) is 1. The van der Waals surface area contributed by atoms with Crippen LogP contribution in [0, 0.1) is 5.92 Å². The van der Waals surface area contributed by atoms with Crippen molar-refractivity contribution in [1.82, 2.24) is 4.90 Å². The summed E-state index contributed by atoms with van der Waals surface area (Å²) in [5.74, 6) is -0.835. The van der Waals surface area contributed by atoms with Crippen molar-refractivity contribution in [2.45, 2.75) is 89.8 Å². The van der Waals surface area contributed by atoms with Crippen LogP contribution in [-0.4, -0.2) is 39.8 Å². The van der Waals surface area contributed by atoms with E-state index in [0.29, 0.717) is 0 Å². The Kier molecular flexibility index (Phi) is 5.35. The predicted octanol–water partition coefficient (Wildman–Crippen LogP) is 3.81. The molecule has 0 aromatic rings. The average molecular weight is 311 g/mol. The Labute approximate surface area is 133 Å². The standard InChI is InChI=1S/C17H29NO4/c1-17(2,3)22-16(21)18(13-10-11-13)14(15(19)20)12-8-6-4-5-7-9-12/h12-14H,4-11H2,1-3H3,(H,19,20). The third-order valence-corrected chi connectivity index (χ3v) is 4.44. The fraction of sp³-hybridized carbons (Fsp3) is 0.882. The molecular weight excluding hydrogens is 282 g/mol. The number of carbonyl (C=O) groups is 2. The van der Waals surface area contributed by atoms with Crippen molar-refractivity contribution in [3.05, 3.63) is 0 Å². The molecule has 0 saturated heterocycles. The summed E-state index contributed by atoms with van der Waals surface area (Å²) in [6, 6.07) is -0.695. The molecule has 2 aliphatic carbocycles. The van der Waals surface area contributed by atoms with Gasteiger partial charge in [0.25, 0.3) is 0 Å². The number of carbonyl (C=O) groups excluding carboxylic acids is 1. The molecule has 1 atom stereocenters. The van der Waals surface area contributed by atoms with Crippen molar-refractivity contribution in [3.8, 4) is 0 Å². The smallest absolute Gasteiger partial charge is 0.411 e. The topological polar surface area (TPSA) is 66.8 Å². The van der Waals surface area contributed by atoms with Crippen LogP contribution in [-0.2, 0) is 9.53 Å². The number of rotatable bonds is 4. The molecule has 2 fully saturated rings. The molecule has 0 radical (unpaired) electrons. The van der Waals surface area contributed by atoms with Crippen LogP contribution >= 0.6 is 0 Å². The lowest BCUT2D eigenvalue weighted by molar-refractivity contribution is -0.146. The van der Waals surface area contributed by atoms with Gasteiger partial charge in [-0.2, -0.15) is 0 Å². The van der Waals surface area contributed by atoms with E-state index in [1.54, 1.807) is 0 Å². The van der Waals surface area contributed by atoms with Gasteiger partial charge in [-0.3, -0.25) is 4.90 Å². The monoisotopic (exact) mass is 311 g/mol. The van der Waals surface area contributed by atoms with Gasteiger partial charge in [0, 0.05) is 6.04 Å². The maximum atomic E-state index is 12.6. The van der Waals surface area contributed by atoms with Gasteiger partial charge in [-0.25, -0.2) is 9.59 Å². The van der Waals surface area contributed by atoms with E-state index in [1.165, 1.54) is 17.7 Å². The van der Waals surface area contributed by atoms with Crippen LogP contribution < -0.4 is 0 Å². The first-order valence-electron chi connectivity index (χ1n) is 8.54. The second-order valence-corrected chi connectivity index (χ2v) is 7.65. The van der Waals surface area contributed by atoms with Crippen LogP contribution in [0.4, 0.5) is 4.79 Å². The van der Waals surface area contributed by atoms with Gasteiger partial charge in [-0.15, -0.1) is 0 Å². The number of hydrogen-bond donors (Lipinski definition) is 1. The Morgan fingerprint density at radius 2 is 1.59 bits per heavy atom. The number of carboxylic acids is 1. The third kappa shape index (κ3) is 4.62. The van der Waals surface area contributed by atoms with Crippen molar-refractivity contribution in [2.24, 2.45) is 5.92 Å². The van der Waals surface area contributed by atoms with Crippen LogP contribution in [0.1, 0.15) is 72.1 Å². The second kappa shape index (κ2) is 6.88. The summed E-state index contributed by atoms with van der Waals surface area (Å²) in [6.45, 7) is 5.45. The maximum absolute atomic E-state index is 12.6. The molecule has 1 amide bonds. The molecule has 0 bridgehead atoms. The Bertz CT molecular complexity index is 403. The van der Waals surface area contributed by atoms with Crippen LogP contribution in [0.2, 0.25) is 0 Å². The van der Waals surface area contributed by atoms with Crippen molar-refractivity contribution in [2.75, 3.05) is 0 Å². The van der Waals surface area contributed by atoms with E-state index in [0.717, 1.165) is 38.5 Å². The first-order chi connectivity index (χ1) is 10.3. The number of hydrogen-bond acceptors (Lipinski definition) is 3. The highest BCUT2D eigenvalue weighted by molar-refractivity contribution is 5.81. The van der Waals surface area contributed by atoms with E-state index in [-0.39, 0.29) is 12.0 Å². The molecule has 22 heavy (non-hydrogen) atoms. The summed E-state index contributed by atoms with van der Waals surface area (Å²) < 4.78 is 5.48.